The normalized spacial score (nSPS) is 14.2. The van der Waals surface area contributed by atoms with Crippen LogP contribution in [0.4, 0.5) is 17.1 Å². The van der Waals surface area contributed by atoms with E-state index >= 15 is 0 Å². The van der Waals surface area contributed by atoms with Crippen LogP contribution in [0.25, 0.3) is 0 Å². The molecule has 2 aromatic carbocycles. The Kier molecular flexibility index (Phi) is 6.01. The van der Waals surface area contributed by atoms with Crippen LogP contribution in [-0.2, 0) is 9.53 Å². The molecule has 0 aromatic heterocycles. The minimum atomic E-state index is -0.0911. The molecule has 0 spiro atoms. The number of nitrogens with one attached hydrogen (secondary N) is 2. The van der Waals surface area contributed by atoms with Gasteiger partial charge in [0.05, 0.1) is 31.1 Å². The summed E-state index contributed by atoms with van der Waals surface area (Å²) in [4.78, 5) is 14.6. The Morgan fingerprint density at radius 1 is 1.15 bits per heavy atom. The number of benzene rings is 2. The lowest BCUT2D eigenvalue weighted by atomic mass is 10.1. The third-order valence-electron chi connectivity index (χ3n) is 4.63. The van der Waals surface area contributed by atoms with Gasteiger partial charge in [0.2, 0.25) is 5.91 Å². The zero-order chi connectivity index (χ0) is 18.5. The Morgan fingerprint density at radius 2 is 1.92 bits per heavy atom. The van der Waals surface area contributed by atoms with Gasteiger partial charge in [-0.1, -0.05) is 23.7 Å². The second-order valence-electron chi connectivity index (χ2n) is 6.41. The van der Waals surface area contributed by atoms with E-state index in [0.29, 0.717) is 18.2 Å². The predicted octanol–water partition coefficient (Wildman–Crippen LogP) is 3.84. The molecule has 0 radical (unpaired) electrons. The zero-order valence-corrected chi connectivity index (χ0v) is 15.9. The van der Waals surface area contributed by atoms with E-state index in [2.05, 4.69) is 15.5 Å². The topological polar surface area (TPSA) is 53.6 Å². The number of hydrogen-bond donors (Lipinski definition) is 2. The van der Waals surface area contributed by atoms with E-state index < -0.39 is 0 Å². The van der Waals surface area contributed by atoms with Crippen LogP contribution in [0.15, 0.2) is 36.4 Å². The number of amides is 1. The molecular weight excluding hydrogens is 350 g/mol. The fourth-order valence-electron chi connectivity index (χ4n) is 2.99. The first-order chi connectivity index (χ1) is 12.5. The molecule has 1 aliphatic heterocycles. The Morgan fingerprint density at radius 3 is 2.69 bits per heavy atom. The summed E-state index contributed by atoms with van der Waals surface area (Å²) in [5.41, 5.74) is 4.97. The Labute approximate surface area is 159 Å². The lowest BCUT2D eigenvalue weighted by Crippen LogP contribution is -2.36. The van der Waals surface area contributed by atoms with Gasteiger partial charge >= 0.3 is 0 Å². The number of hydrogen-bond acceptors (Lipinski definition) is 4. The summed E-state index contributed by atoms with van der Waals surface area (Å²) in [5, 5.41) is 6.83. The highest BCUT2D eigenvalue weighted by atomic mass is 35.5. The lowest BCUT2D eigenvalue weighted by molar-refractivity contribution is -0.114. The molecule has 0 atom stereocenters. The van der Waals surface area contributed by atoms with Crippen molar-refractivity contribution in [3.05, 3.63) is 52.5 Å². The number of carbonyl (C=O) groups excluding carboxylic acids is 1. The second-order valence-corrected chi connectivity index (χ2v) is 6.85. The molecule has 6 heteroatoms. The summed E-state index contributed by atoms with van der Waals surface area (Å²) in [5.74, 6) is -0.0911. The van der Waals surface area contributed by atoms with Gasteiger partial charge in [0.15, 0.2) is 0 Å². The quantitative estimate of drug-likeness (QED) is 0.836. The maximum absolute atomic E-state index is 12.4. The molecule has 1 fully saturated rings. The predicted molar refractivity (Wildman–Crippen MR) is 108 cm³/mol. The van der Waals surface area contributed by atoms with Crippen LogP contribution < -0.4 is 15.5 Å². The number of rotatable bonds is 5. The first kappa shape index (κ1) is 18.5. The maximum atomic E-state index is 12.4. The Hall–Kier alpha value is -2.24. The van der Waals surface area contributed by atoms with Gasteiger partial charge in [0.25, 0.3) is 0 Å². The second kappa shape index (κ2) is 8.43. The van der Waals surface area contributed by atoms with Gasteiger partial charge in [-0.15, -0.1) is 0 Å². The van der Waals surface area contributed by atoms with Gasteiger partial charge < -0.3 is 20.3 Å². The summed E-state index contributed by atoms with van der Waals surface area (Å²) < 4.78 is 5.42. The van der Waals surface area contributed by atoms with Crippen molar-refractivity contribution in [2.75, 3.05) is 48.4 Å². The average Bonchev–Trinajstić information content (AvgIpc) is 2.64. The van der Waals surface area contributed by atoms with Crippen molar-refractivity contribution in [1.82, 2.24) is 0 Å². The van der Waals surface area contributed by atoms with E-state index in [1.165, 1.54) is 0 Å². The molecule has 5 nitrogen and oxygen atoms in total. The van der Waals surface area contributed by atoms with E-state index in [9.17, 15) is 4.79 Å². The highest BCUT2D eigenvalue weighted by Crippen LogP contribution is 2.29. The van der Waals surface area contributed by atoms with Gasteiger partial charge in [-0.2, -0.15) is 0 Å². The molecule has 1 amide bonds. The van der Waals surface area contributed by atoms with Crippen molar-refractivity contribution >= 4 is 34.6 Å². The summed E-state index contributed by atoms with van der Waals surface area (Å²) in [6, 6.07) is 11.6. The SMILES string of the molecule is Cc1cccc(NC(=O)CNc2cc(Cl)ccc2N2CCOCC2)c1C. The number of ether oxygens (including phenoxy) is 1. The summed E-state index contributed by atoms with van der Waals surface area (Å²) in [7, 11) is 0. The number of morpholine rings is 1. The van der Waals surface area contributed by atoms with Crippen LogP contribution in [0.3, 0.4) is 0 Å². The fourth-order valence-corrected chi connectivity index (χ4v) is 3.16. The third kappa shape index (κ3) is 4.48. The molecule has 1 heterocycles. The maximum Gasteiger partial charge on any atom is 0.243 e. The van der Waals surface area contributed by atoms with Gasteiger partial charge in [-0.3, -0.25) is 4.79 Å². The van der Waals surface area contributed by atoms with Crippen LogP contribution in [0.1, 0.15) is 11.1 Å². The highest BCUT2D eigenvalue weighted by molar-refractivity contribution is 6.31. The molecule has 3 rings (SSSR count). The van der Waals surface area contributed by atoms with Crippen LogP contribution >= 0.6 is 11.6 Å². The number of aryl methyl sites for hydroxylation is 1. The summed E-state index contributed by atoms with van der Waals surface area (Å²) in [6.07, 6.45) is 0. The molecule has 2 N–H and O–H groups in total. The fraction of sp³-hybridized carbons (Fsp3) is 0.350. The van der Waals surface area contributed by atoms with E-state index in [1.54, 1.807) is 0 Å². The molecule has 1 saturated heterocycles. The number of anilines is 3. The van der Waals surface area contributed by atoms with E-state index in [0.717, 1.165) is 41.3 Å². The van der Waals surface area contributed by atoms with Crippen LogP contribution in [-0.4, -0.2) is 38.8 Å². The van der Waals surface area contributed by atoms with Crippen molar-refractivity contribution in [2.24, 2.45) is 0 Å². The molecular formula is C20H24ClN3O2. The van der Waals surface area contributed by atoms with Crippen LogP contribution in [0.2, 0.25) is 5.02 Å². The largest absolute Gasteiger partial charge is 0.378 e. The standard InChI is InChI=1S/C20H24ClN3O2/c1-14-4-3-5-17(15(14)2)23-20(25)13-22-18-12-16(21)6-7-19(18)24-8-10-26-11-9-24/h3-7,12,22H,8-11,13H2,1-2H3,(H,23,25). The zero-order valence-electron chi connectivity index (χ0n) is 15.1. The lowest BCUT2D eigenvalue weighted by Gasteiger charge is -2.30. The van der Waals surface area contributed by atoms with Crippen LogP contribution in [0.5, 0.6) is 0 Å². The minimum Gasteiger partial charge on any atom is -0.378 e. The first-order valence-corrected chi connectivity index (χ1v) is 9.14. The monoisotopic (exact) mass is 373 g/mol. The van der Waals surface area contributed by atoms with Gasteiger partial charge in [-0.25, -0.2) is 0 Å². The van der Waals surface area contributed by atoms with Gasteiger partial charge in [-0.05, 0) is 49.2 Å². The van der Waals surface area contributed by atoms with E-state index in [-0.39, 0.29) is 12.5 Å². The van der Waals surface area contributed by atoms with Crippen LogP contribution in [0, 0.1) is 13.8 Å². The average molecular weight is 374 g/mol. The molecule has 26 heavy (non-hydrogen) atoms. The molecule has 1 aliphatic rings. The van der Waals surface area contributed by atoms with Gasteiger partial charge in [0, 0.05) is 23.8 Å². The van der Waals surface area contributed by atoms with Crippen molar-refractivity contribution in [3.63, 3.8) is 0 Å². The minimum absolute atomic E-state index is 0.0911. The molecule has 138 valence electrons. The van der Waals surface area contributed by atoms with Crippen molar-refractivity contribution < 1.29 is 9.53 Å². The summed E-state index contributed by atoms with van der Waals surface area (Å²) in [6.45, 7) is 7.27. The van der Waals surface area contributed by atoms with E-state index in [1.807, 2.05) is 50.2 Å². The third-order valence-corrected chi connectivity index (χ3v) is 4.86. The Bertz CT molecular complexity index is 789. The number of carbonyl (C=O) groups is 1. The molecule has 0 bridgehead atoms. The van der Waals surface area contributed by atoms with Crippen molar-refractivity contribution in [3.8, 4) is 0 Å². The number of nitrogens with zero attached hydrogens (tertiary/aromatic N) is 1. The molecule has 0 saturated carbocycles. The highest BCUT2D eigenvalue weighted by Gasteiger charge is 2.16. The smallest absolute Gasteiger partial charge is 0.243 e. The van der Waals surface area contributed by atoms with Crippen molar-refractivity contribution in [1.29, 1.82) is 0 Å². The summed E-state index contributed by atoms with van der Waals surface area (Å²) >= 11 is 6.16. The molecule has 0 aliphatic carbocycles. The first-order valence-electron chi connectivity index (χ1n) is 8.77. The molecule has 2 aromatic rings. The van der Waals surface area contributed by atoms with Crippen molar-refractivity contribution in [2.45, 2.75) is 13.8 Å². The Balaban J connectivity index is 1.67. The van der Waals surface area contributed by atoms with E-state index in [4.69, 9.17) is 16.3 Å². The number of halogens is 1. The van der Waals surface area contributed by atoms with Gasteiger partial charge in [0.1, 0.15) is 0 Å². The molecule has 0 unspecified atom stereocenters.